The Hall–Kier alpha value is -2.26. The standard InChI is InChI=1S/C18H25N5O4/c1-12-16(11-25-2)17(20-27-12)18(24)22-6-5-15(8-22)23-7-14(19-21-23)10-26-9-13-3-4-13/h7,13,15H,3-6,8-11H2,1-2H3. The molecule has 1 aliphatic heterocycles. The van der Waals surface area contributed by atoms with Crippen LogP contribution in [0.3, 0.4) is 0 Å². The Morgan fingerprint density at radius 2 is 2.19 bits per heavy atom. The Morgan fingerprint density at radius 3 is 2.96 bits per heavy atom. The van der Waals surface area contributed by atoms with Gasteiger partial charge in [-0.25, -0.2) is 4.68 Å². The lowest BCUT2D eigenvalue weighted by Gasteiger charge is -2.15. The van der Waals surface area contributed by atoms with E-state index in [0.29, 0.717) is 43.3 Å². The predicted molar refractivity (Wildman–Crippen MR) is 93.9 cm³/mol. The fraction of sp³-hybridized carbons (Fsp3) is 0.667. The molecule has 2 fully saturated rings. The molecule has 9 heteroatoms. The van der Waals surface area contributed by atoms with Crippen LogP contribution in [0.1, 0.15) is 52.8 Å². The predicted octanol–water partition coefficient (Wildman–Crippen LogP) is 1.73. The third kappa shape index (κ3) is 4.03. The molecule has 1 amide bonds. The fourth-order valence-electron chi connectivity index (χ4n) is 3.34. The summed E-state index contributed by atoms with van der Waals surface area (Å²) in [6.45, 7) is 4.61. The number of amides is 1. The summed E-state index contributed by atoms with van der Waals surface area (Å²) in [7, 11) is 1.59. The third-order valence-electron chi connectivity index (χ3n) is 5.16. The van der Waals surface area contributed by atoms with Gasteiger partial charge in [0.1, 0.15) is 11.5 Å². The van der Waals surface area contributed by atoms with Crippen LogP contribution in [0.2, 0.25) is 0 Å². The number of aromatic nitrogens is 4. The molecule has 0 radical (unpaired) electrons. The van der Waals surface area contributed by atoms with E-state index < -0.39 is 0 Å². The fourth-order valence-corrected chi connectivity index (χ4v) is 3.34. The summed E-state index contributed by atoms with van der Waals surface area (Å²) in [5.41, 5.74) is 1.87. The molecule has 3 heterocycles. The number of ether oxygens (including phenoxy) is 2. The second-order valence-corrected chi connectivity index (χ2v) is 7.34. The number of carbonyl (C=O) groups is 1. The second-order valence-electron chi connectivity index (χ2n) is 7.34. The first kappa shape index (κ1) is 18.1. The van der Waals surface area contributed by atoms with Crippen molar-refractivity contribution in [1.82, 2.24) is 25.1 Å². The largest absolute Gasteiger partial charge is 0.380 e. The van der Waals surface area contributed by atoms with Crippen molar-refractivity contribution < 1.29 is 18.8 Å². The van der Waals surface area contributed by atoms with Gasteiger partial charge in [-0.3, -0.25) is 4.79 Å². The van der Waals surface area contributed by atoms with Gasteiger partial charge in [0, 0.05) is 26.8 Å². The monoisotopic (exact) mass is 375 g/mol. The van der Waals surface area contributed by atoms with Crippen LogP contribution in [0, 0.1) is 12.8 Å². The summed E-state index contributed by atoms with van der Waals surface area (Å²) in [6.07, 6.45) is 5.29. The molecule has 2 aliphatic rings. The number of aryl methyl sites for hydroxylation is 1. The number of methoxy groups -OCH3 is 1. The first-order chi connectivity index (χ1) is 13.2. The zero-order valence-electron chi connectivity index (χ0n) is 15.8. The first-order valence-electron chi connectivity index (χ1n) is 9.37. The van der Waals surface area contributed by atoms with Crippen LogP contribution in [0.15, 0.2) is 10.7 Å². The lowest BCUT2D eigenvalue weighted by atomic mass is 10.2. The summed E-state index contributed by atoms with van der Waals surface area (Å²) >= 11 is 0. The van der Waals surface area contributed by atoms with E-state index in [9.17, 15) is 4.79 Å². The van der Waals surface area contributed by atoms with Crippen LogP contribution >= 0.6 is 0 Å². The highest BCUT2D eigenvalue weighted by Gasteiger charge is 2.32. The van der Waals surface area contributed by atoms with Crippen molar-refractivity contribution in [3.05, 3.63) is 28.9 Å². The van der Waals surface area contributed by atoms with Crippen molar-refractivity contribution in [3.63, 3.8) is 0 Å². The summed E-state index contributed by atoms with van der Waals surface area (Å²) < 4.78 is 17.8. The maximum absolute atomic E-state index is 12.8. The average molecular weight is 375 g/mol. The number of nitrogens with zero attached hydrogens (tertiary/aromatic N) is 5. The smallest absolute Gasteiger partial charge is 0.276 e. The molecule has 1 unspecified atom stereocenters. The van der Waals surface area contributed by atoms with Crippen molar-refractivity contribution in [2.45, 2.75) is 45.4 Å². The molecule has 0 N–H and O–H groups in total. The third-order valence-corrected chi connectivity index (χ3v) is 5.16. The van der Waals surface area contributed by atoms with Crippen molar-refractivity contribution in [1.29, 1.82) is 0 Å². The van der Waals surface area contributed by atoms with Crippen LogP contribution in [-0.4, -0.2) is 57.8 Å². The molecule has 27 heavy (non-hydrogen) atoms. The van der Waals surface area contributed by atoms with E-state index in [2.05, 4.69) is 15.5 Å². The van der Waals surface area contributed by atoms with Crippen LogP contribution in [0.5, 0.6) is 0 Å². The van der Waals surface area contributed by atoms with E-state index in [0.717, 1.165) is 24.6 Å². The number of carbonyl (C=O) groups excluding carboxylic acids is 1. The average Bonchev–Trinajstić information content (AvgIpc) is 3.05. The molecule has 0 aromatic carbocycles. The Labute approximate surface area is 157 Å². The highest BCUT2D eigenvalue weighted by Crippen LogP contribution is 2.29. The maximum atomic E-state index is 12.8. The molecule has 2 aromatic rings. The van der Waals surface area contributed by atoms with Gasteiger partial charge in [0.05, 0.1) is 31.0 Å². The van der Waals surface area contributed by atoms with E-state index in [-0.39, 0.29) is 11.9 Å². The lowest BCUT2D eigenvalue weighted by molar-refractivity contribution is 0.0772. The summed E-state index contributed by atoms with van der Waals surface area (Å²) in [6, 6.07) is 0.109. The molecule has 9 nitrogen and oxygen atoms in total. The molecule has 0 bridgehead atoms. The van der Waals surface area contributed by atoms with Crippen LogP contribution in [0.4, 0.5) is 0 Å². The minimum atomic E-state index is -0.130. The van der Waals surface area contributed by atoms with Gasteiger partial charge in [0.15, 0.2) is 5.69 Å². The minimum absolute atomic E-state index is 0.109. The van der Waals surface area contributed by atoms with Gasteiger partial charge in [0.2, 0.25) is 0 Å². The van der Waals surface area contributed by atoms with E-state index in [1.165, 1.54) is 12.8 Å². The van der Waals surface area contributed by atoms with Gasteiger partial charge in [-0.05, 0) is 32.1 Å². The van der Waals surface area contributed by atoms with E-state index >= 15 is 0 Å². The van der Waals surface area contributed by atoms with Crippen LogP contribution in [-0.2, 0) is 22.7 Å². The number of hydrogen-bond acceptors (Lipinski definition) is 7. The second kappa shape index (κ2) is 7.77. The molecule has 4 rings (SSSR count). The van der Waals surface area contributed by atoms with E-state index in [1.54, 1.807) is 18.9 Å². The van der Waals surface area contributed by atoms with Gasteiger partial charge < -0.3 is 18.9 Å². The summed E-state index contributed by atoms with van der Waals surface area (Å²) in [5.74, 6) is 1.22. The van der Waals surface area contributed by atoms with Crippen LogP contribution in [0.25, 0.3) is 0 Å². The van der Waals surface area contributed by atoms with E-state index in [1.807, 2.05) is 10.9 Å². The zero-order chi connectivity index (χ0) is 18.8. The van der Waals surface area contributed by atoms with Gasteiger partial charge in [-0.1, -0.05) is 10.4 Å². The highest BCUT2D eigenvalue weighted by molar-refractivity contribution is 5.94. The zero-order valence-corrected chi connectivity index (χ0v) is 15.8. The molecule has 1 atom stereocenters. The van der Waals surface area contributed by atoms with E-state index in [4.69, 9.17) is 14.0 Å². The summed E-state index contributed by atoms with van der Waals surface area (Å²) in [5, 5.41) is 12.3. The van der Waals surface area contributed by atoms with Crippen molar-refractivity contribution in [3.8, 4) is 0 Å². The Bertz CT molecular complexity index is 798. The molecule has 2 aromatic heterocycles. The van der Waals surface area contributed by atoms with Crippen molar-refractivity contribution >= 4 is 5.91 Å². The van der Waals surface area contributed by atoms with Gasteiger partial charge >= 0.3 is 0 Å². The molecule has 0 spiro atoms. The Balaban J connectivity index is 1.35. The molecule has 1 saturated heterocycles. The first-order valence-corrected chi connectivity index (χ1v) is 9.37. The SMILES string of the molecule is COCc1c(C(=O)N2CCC(n3cc(COCC4CC4)nn3)C2)noc1C. The Kier molecular flexibility index (Phi) is 5.22. The van der Waals surface area contributed by atoms with Gasteiger partial charge in [0.25, 0.3) is 5.91 Å². The number of rotatable bonds is 8. The molecular weight excluding hydrogens is 350 g/mol. The molecule has 1 saturated carbocycles. The topological polar surface area (TPSA) is 95.5 Å². The minimum Gasteiger partial charge on any atom is -0.380 e. The van der Waals surface area contributed by atoms with Crippen LogP contribution < -0.4 is 0 Å². The maximum Gasteiger partial charge on any atom is 0.276 e. The summed E-state index contributed by atoms with van der Waals surface area (Å²) in [4.78, 5) is 14.6. The molecule has 146 valence electrons. The normalized spacial score (nSPS) is 19.8. The number of likely N-dealkylation sites (tertiary alicyclic amines) is 1. The Morgan fingerprint density at radius 1 is 1.33 bits per heavy atom. The molecule has 1 aliphatic carbocycles. The van der Waals surface area contributed by atoms with Crippen molar-refractivity contribution in [2.75, 3.05) is 26.8 Å². The quantitative estimate of drug-likeness (QED) is 0.693. The number of hydrogen-bond donors (Lipinski definition) is 0. The lowest BCUT2D eigenvalue weighted by Crippen LogP contribution is -2.30. The van der Waals surface area contributed by atoms with Gasteiger partial charge in [-0.2, -0.15) is 0 Å². The van der Waals surface area contributed by atoms with Crippen molar-refractivity contribution in [2.24, 2.45) is 5.92 Å². The molecular formula is C18H25N5O4. The van der Waals surface area contributed by atoms with Gasteiger partial charge in [-0.15, -0.1) is 5.10 Å². The highest BCUT2D eigenvalue weighted by atomic mass is 16.5.